The number of nitrogens with two attached hydrogens (primary N) is 1. The van der Waals surface area contributed by atoms with E-state index < -0.39 is 5.54 Å². The van der Waals surface area contributed by atoms with E-state index in [1.165, 1.54) is 0 Å². The van der Waals surface area contributed by atoms with E-state index in [9.17, 15) is 4.79 Å². The van der Waals surface area contributed by atoms with Crippen LogP contribution in [0, 0.1) is 6.92 Å². The first-order valence-corrected chi connectivity index (χ1v) is 8.54. The summed E-state index contributed by atoms with van der Waals surface area (Å²) in [5.41, 5.74) is 7.42. The maximum absolute atomic E-state index is 12.5. The van der Waals surface area contributed by atoms with Crippen LogP contribution in [-0.4, -0.2) is 24.7 Å². The third kappa shape index (κ3) is 4.38. The monoisotopic (exact) mass is 340 g/mol. The topological polar surface area (TPSA) is 73.6 Å². The third-order valence-electron chi connectivity index (χ3n) is 4.47. The Balaban J connectivity index is 1.67. The highest BCUT2D eigenvalue weighted by Gasteiger charge is 2.35. The molecule has 1 amide bonds. The maximum Gasteiger partial charge on any atom is 0.240 e. The number of aryl methyl sites for hydroxylation is 1. The molecule has 0 aliphatic carbocycles. The second-order valence-corrected chi connectivity index (χ2v) is 6.48. The van der Waals surface area contributed by atoms with Crippen LogP contribution in [0.1, 0.15) is 24.0 Å². The van der Waals surface area contributed by atoms with Gasteiger partial charge in [0, 0.05) is 25.3 Å². The molecule has 1 fully saturated rings. The molecule has 5 heteroatoms. The molecule has 0 spiro atoms. The van der Waals surface area contributed by atoms with Crippen molar-refractivity contribution in [2.45, 2.75) is 31.8 Å². The molecule has 25 heavy (non-hydrogen) atoms. The Morgan fingerprint density at radius 3 is 2.72 bits per heavy atom. The molecule has 1 aliphatic heterocycles. The van der Waals surface area contributed by atoms with Crippen LogP contribution in [-0.2, 0) is 16.1 Å². The summed E-state index contributed by atoms with van der Waals surface area (Å²) in [4.78, 5) is 12.5. The number of carbonyl (C=O) groups is 1. The molecule has 132 valence electrons. The predicted molar refractivity (Wildman–Crippen MR) is 96.5 cm³/mol. The standard InChI is InChI=1S/C20H24N2O3/c1-15-5-4-7-17(13-15)25-18-8-3-2-6-16(18)14-22-19(23)20(21)9-11-24-12-10-20/h2-8,13H,9-12,14,21H2,1H3,(H,22,23). The lowest BCUT2D eigenvalue weighted by atomic mass is 9.90. The summed E-state index contributed by atoms with van der Waals surface area (Å²) in [7, 11) is 0. The first-order chi connectivity index (χ1) is 12.1. The van der Waals surface area contributed by atoms with Gasteiger partial charge in [-0.2, -0.15) is 0 Å². The minimum absolute atomic E-state index is 0.138. The molecule has 3 rings (SSSR count). The highest BCUT2D eigenvalue weighted by molar-refractivity contribution is 5.86. The van der Waals surface area contributed by atoms with Gasteiger partial charge in [0.1, 0.15) is 11.5 Å². The zero-order valence-electron chi connectivity index (χ0n) is 14.5. The van der Waals surface area contributed by atoms with Gasteiger partial charge < -0.3 is 20.5 Å². The molecular weight excluding hydrogens is 316 g/mol. The van der Waals surface area contributed by atoms with Gasteiger partial charge in [0.25, 0.3) is 0 Å². The van der Waals surface area contributed by atoms with Gasteiger partial charge >= 0.3 is 0 Å². The fourth-order valence-electron chi connectivity index (χ4n) is 2.87. The third-order valence-corrected chi connectivity index (χ3v) is 4.47. The normalized spacial score (nSPS) is 16.2. The number of rotatable bonds is 5. The number of benzene rings is 2. The lowest BCUT2D eigenvalue weighted by Crippen LogP contribution is -2.56. The van der Waals surface area contributed by atoms with Crippen molar-refractivity contribution in [3.05, 3.63) is 59.7 Å². The van der Waals surface area contributed by atoms with Crippen molar-refractivity contribution < 1.29 is 14.3 Å². The van der Waals surface area contributed by atoms with E-state index in [-0.39, 0.29) is 5.91 Å². The van der Waals surface area contributed by atoms with Crippen LogP contribution in [0.4, 0.5) is 0 Å². The van der Waals surface area contributed by atoms with Crippen molar-refractivity contribution in [2.24, 2.45) is 5.73 Å². The highest BCUT2D eigenvalue weighted by atomic mass is 16.5. The molecule has 0 bridgehead atoms. The van der Waals surface area contributed by atoms with Gasteiger partial charge in [-0.05, 0) is 43.5 Å². The van der Waals surface area contributed by atoms with Crippen molar-refractivity contribution in [3.63, 3.8) is 0 Å². The number of hydrogen-bond acceptors (Lipinski definition) is 4. The Morgan fingerprint density at radius 1 is 1.20 bits per heavy atom. The Morgan fingerprint density at radius 2 is 1.96 bits per heavy atom. The van der Waals surface area contributed by atoms with Crippen LogP contribution < -0.4 is 15.8 Å². The lowest BCUT2D eigenvalue weighted by Gasteiger charge is -2.31. The zero-order chi connectivity index (χ0) is 17.7. The van der Waals surface area contributed by atoms with E-state index in [0.29, 0.717) is 32.6 Å². The van der Waals surface area contributed by atoms with Crippen molar-refractivity contribution >= 4 is 5.91 Å². The number of hydrogen-bond donors (Lipinski definition) is 2. The Hall–Kier alpha value is -2.37. The lowest BCUT2D eigenvalue weighted by molar-refractivity contribution is -0.129. The molecule has 1 saturated heterocycles. The Kier molecular flexibility index (Phi) is 5.36. The van der Waals surface area contributed by atoms with Crippen LogP contribution >= 0.6 is 0 Å². The average Bonchev–Trinajstić information content (AvgIpc) is 2.61. The van der Waals surface area contributed by atoms with E-state index in [1.807, 2.05) is 55.5 Å². The molecule has 0 saturated carbocycles. The molecule has 5 nitrogen and oxygen atoms in total. The van der Waals surface area contributed by atoms with Crippen molar-refractivity contribution in [2.75, 3.05) is 13.2 Å². The van der Waals surface area contributed by atoms with Crippen LogP contribution in [0.15, 0.2) is 48.5 Å². The van der Waals surface area contributed by atoms with E-state index >= 15 is 0 Å². The van der Waals surface area contributed by atoms with Gasteiger partial charge in [-0.1, -0.05) is 30.3 Å². The van der Waals surface area contributed by atoms with E-state index in [4.69, 9.17) is 15.2 Å². The smallest absolute Gasteiger partial charge is 0.240 e. The first kappa shape index (κ1) is 17.5. The van der Waals surface area contributed by atoms with Crippen molar-refractivity contribution in [3.8, 4) is 11.5 Å². The number of carbonyl (C=O) groups excluding carboxylic acids is 1. The van der Waals surface area contributed by atoms with E-state index in [2.05, 4.69) is 5.32 Å². The predicted octanol–water partition coefficient (Wildman–Crippen LogP) is 2.91. The molecule has 2 aromatic carbocycles. The molecule has 0 aromatic heterocycles. The van der Waals surface area contributed by atoms with Crippen LogP contribution in [0.3, 0.4) is 0 Å². The van der Waals surface area contributed by atoms with Gasteiger partial charge in [0.15, 0.2) is 0 Å². The van der Waals surface area contributed by atoms with Gasteiger partial charge in [0.05, 0.1) is 5.54 Å². The molecule has 3 N–H and O–H groups in total. The number of amides is 1. The van der Waals surface area contributed by atoms with Crippen LogP contribution in [0.5, 0.6) is 11.5 Å². The fraction of sp³-hybridized carbons (Fsp3) is 0.350. The number of para-hydroxylation sites is 1. The zero-order valence-corrected chi connectivity index (χ0v) is 14.5. The van der Waals surface area contributed by atoms with Crippen molar-refractivity contribution in [1.82, 2.24) is 5.32 Å². The molecule has 0 atom stereocenters. The summed E-state index contributed by atoms with van der Waals surface area (Å²) in [6.45, 7) is 3.45. The molecule has 0 unspecified atom stereocenters. The summed E-state index contributed by atoms with van der Waals surface area (Å²) in [5, 5.41) is 2.95. The maximum atomic E-state index is 12.5. The summed E-state index contributed by atoms with van der Waals surface area (Å²) in [5.74, 6) is 1.37. The van der Waals surface area contributed by atoms with Crippen LogP contribution in [0.2, 0.25) is 0 Å². The quantitative estimate of drug-likeness (QED) is 0.878. The summed E-state index contributed by atoms with van der Waals surface area (Å²) in [6, 6.07) is 15.6. The van der Waals surface area contributed by atoms with Gasteiger partial charge in [-0.3, -0.25) is 4.79 Å². The second-order valence-electron chi connectivity index (χ2n) is 6.48. The summed E-state index contributed by atoms with van der Waals surface area (Å²) in [6.07, 6.45) is 1.08. The Bertz CT molecular complexity index is 739. The SMILES string of the molecule is Cc1cccc(Oc2ccccc2CNC(=O)C2(N)CCOCC2)c1. The largest absolute Gasteiger partial charge is 0.457 e. The van der Waals surface area contributed by atoms with Crippen molar-refractivity contribution in [1.29, 1.82) is 0 Å². The fourth-order valence-corrected chi connectivity index (χ4v) is 2.87. The number of ether oxygens (including phenoxy) is 2. The van der Waals surface area contributed by atoms with Gasteiger partial charge in [-0.15, -0.1) is 0 Å². The molecule has 1 heterocycles. The minimum Gasteiger partial charge on any atom is -0.457 e. The Labute approximate surface area is 148 Å². The molecular formula is C20H24N2O3. The molecule has 1 aliphatic rings. The second kappa shape index (κ2) is 7.68. The summed E-state index contributed by atoms with van der Waals surface area (Å²) >= 11 is 0. The van der Waals surface area contributed by atoms with Gasteiger partial charge in [0.2, 0.25) is 5.91 Å². The first-order valence-electron chi connectivity index (χ1n) is 8.54. The molecule has 0 radical (unpaired) electrons. The van der Waals surface area contributed by atoms with E-state index in [1.54, 1.807) is 0 Å². The molecule has 2 aromatic rings. The van der Waals surface area contributed by atoms with E-state index in [0.717, 1.165) is 22.6 Å². The minimum atomic E-state index is -0.843. The number of nitrogens with one attached hydrogen (secondary N) is 1. The summed E-state index contributed by atoms with van der Waals surface area (Å²) < 4.78 is 11.3. The van der Waals surface area contributed by atoms with Gasteiger partial charge in [-0.25, -0.2) is 0 Å². The highest BCUT2D eigenvalue weighted by Crippen LogP contribution is 2.26. The average molecular weight is 340 g/mol. The van der Waals surface area contributed by atoms with Crippen LogP contribution in [0.25, 0.3) is 0 Å².